The van der Waals surface area contributed by atoms with Crippen LogP contribution in [-0.2, 0) is 0 Å². The molecule has 0 fully saturated rings. The molecule has 0 atom stereocenters. The Morgan fingerprint density at radius 1 is 0.571 bits per heavy atom. The second kappa shape index (κ2) is 6.43. The zero-order chi connectivity index (χ0) is 16.3. The van der Waals surface area contributed by atoms with Crippen molar-refractivity contribution in [2.45, 2.75) is 0 Å². The third-order valence-corrected chi connectivity index (χ3v) is 2.61. The Labute approximate surface area is 126 Å². The molecule has 0 spiro atoms. The number of H-pyrrole nitrogens is 3. The fourth-order valence-electron chi connectivity index (χ4n) is 0.856. The van der Waals surface area contributed by atoms with Crippen LogP contribution in [0.25, 0.3) is 0 Å². The molecule has 0 aromatic carbocycles. The number of aromatic amines is 3. The molecule has 21 heavy (non-hydrogen) atoms. The number of aromatic nitrogens is 6. The van der Waals surface area contributed by atoms with Crippen LogP contribution >= 0.6 is 35.3 Å². The van der Waals surface area contributed by atoms with Crippen molar-refractivity contribution in [2.75, 3.05) is 0 Å². The number of rotatable bonds is 0. The van der Waals surface area contributed by atoms with Gasteiger partial charge in [0.25, 0.3) is 0 Å². The Morgan fingerprint density at radius 2 is 0.905 bits per heavy atom. The van der Waals surface area contributed by atoms with Crippen molar-refractivity contribution in [2.24, 2.45) is 0 Å². The molecule has 15 heteroatoms. The zero-order valence-electron chi connectivity index (χ0n) is 9.43. The molecule has 0 aliphatic carbocycles. The lowest BCUT2D eigenvalue weighted by Crippen LogP contribution is -2.43. The Hall–Kier alpha value is -2.31. The first-order valence-electron chi connectivity index (χ1n) is 4.57. The zero-order valence-corrected chi connectivity index (χ0v) is 11.7. The predicted octanol–water partition coefficient (Wildman–Crippen LogP) is -3.07. The molecule has 3 N–H and O–H groups in total. The van der Waals surface area contributed by atoms with Crippen molar-refractivity contribution in [1.82, 2.24) is 27.2 Å². The summed E-state index contributed by atoms with van der Waals surface area (Å²) >= 11 is 15.2. The number of hydrogen-bond donors (Lipinski definition) is 3. The molecule has 2 rings (SSSR count). The molecule has 114 valence electrons. The van der Waals surface area contributed by atoms with Gasteiger partial charge in [-0.05, 0) is 0 Å². The molecule has 2 aromatic heterocycles. The summed E-state index contributed by atoms with van der Waals surface area (Å²) in [6, 6.07) is 0. The van der Waals surface area contributed by atoms with E-state index in [1.54, 1.807) is 15.0 Å². The lowest BCUT2D eigenvalue weighted by molar-refractivity contribution is 0.804. The fraction of sp³-hybridized carbons (Fsp3) is 0. The summed E-state index contributed by atoms with van der Waals surface area (Å²) in [5, 5.41) is 0. The fourth-order valence-corrected chi connectivity index (χ4v) is 1.22. The lowest BCUT2D eigenvalue weighted by Gasteiger charge is -1.91. The van der Waals surface area contributed by atoms with Crippen LogP contribution in [0.4, 0.5) is 0 Å². The summed E-state index contributed by atoms with van der Waals surface area (Å²) in [6.45, 7) is 0. The van der Waals surface area contributed by atoms with Gasteiger partial charge in [-0.1, -0.05) is 0 Å². The second-order valence-corrected chi connectivity index (χ2v) is 4.06. The van der Waals surface area contributed by atoms with E-state index in [2.05, 4.69) is 0 Å². The molecule has 0 radical (unpaired) electrons. The number of nitrogens with zero attached hydrogens (tertiary/aromatic N) is 3. The van der Waals surface area contributed by atoms with Gasteiger partial charge >= 0.3 is 34.1 Å². The minimum absolute atomic E-state index is 0.161. The van der Waals surface area contributed by atoms with E-state index < -0.39 is 34.1 Å². The summed E-state index contributed by atoms with van der Waals surface area (Å²) < 4.78 is 0.560. The van der Waals surface area contributed by atoms with Gasteiger partial charge in [0.1, 0.15) is 0 Å². The molecule has 0 amide bonds. The maximum Gasteiger partial charge on any atom is 0.366 e. The smallest absolute Gasteiger partial charge is 0.258 e. The highest BCUT2D eigenvalue weighted by atomic mass is 35.5. The molecule has 0 saturated carbocycles. The van der Waals surface area contributed by atoms with Gasteiger partial charge in [0, 0.05) is 35.3 Å². The number of halogens is 3. The van der Waals surface area contributed by atoms with Gasteiger partial charge in [-0.2, -0.15) is 4.09 Å². The van der Waals surface area contributed by atoms with Crippen LogP contribution < -0.4 is 34.1 Å². The first-order valence-corrected chi connectivity index (χ1v) is 5.59. The summed E-state index contributed by atoms with van der Waals surface area (Å²) in [5.41, 5.74) is -5.89. The molecule has 0 bridgehead atoms. The second-order valence-electron chi connectivity index (χ2n) is 3.05. The largest absolute Gasteiger partial charge is 0.366 e. The topological polar surface area (TPSA) is 165 Å². The van der Waals surface area contributed by atoms with E-state index in [0.29, 0.717) is 0 Å². The van der Waals surface area contributed by atoms with Gasteiger partial charge in [0.05, 0.1) is 0 Å². The molecular formula is C6H3Cl3N6O6. The number of nitrogens with one attached hydrogen (secondary N) is 3. The van der Waals surface area contributed by atoms with Crippen LogP contribution in [0.2, 0.25) is 0 Å². The molecule has 0 aliphatic heterocycles. The van der Waals surface area contributed by atoms with Crippen LogP contribution in [0.5, 0.6) is 0 Å². The Kier molecular flexibility index (Phi) is 5.12. The van der Waals surface area contributed by atoms with Gasteiger partial charge in [-0.15, -0.1) is 8.17 Å². The van der Waals surface area contributed by atoms with Crippen molar-refractivity contribution in [3.05, 3.63) is 62.9 Å². The lowest BCUT2D eigenvalue weighted by atomic mass is 11.0. The molecule has 0 unspecified atom stereocenters. The van der Waals surface area contributed by atoms with Crippen LogP contribution in [0.15, 0.2) is 28.8 Å². The first-order chi connectivity index (χ1) is 9.65. The van der Waals surface area contributed by atoms with Crippen molar-refractivity contribution >= 4 is 35.3 Å². The highest BCUT2D eigenvalue weighted by molar-refractivity contribution is 6.17. The first kappa shape index (κ1) is 16.7. The van der Waals surface area contributed by atoms with Gasteiger partial charge in [0.15, 0.2) is 0 Å². The van der Waals surface area contributed by atoms with Gasteiger partial charge in [-0.25, -0.2) is 28.8 Å². The Morgan fingerprint density at radius 3 is 1.29 bits per heavy atom. The quantitative estimate of drug-likeness (QED) is 0.450. The minimum Gasteiger partial charge on any atom is -0.258 e. The van der Waals surface area contributed by atoms with Crippen LogP contribution in [0.1, 0.15) is 0 Å². The monoisotopic (exact) mass is 360 g/mol. The molecule has 12 nitrogen and oxygen atoms in total. The molecule has 2 heterocycles. The van der Waals surface area contributed by atoms with Gasteiger partial charge in [0.2, 0.25) is 0 Å². The summed E-state index contributed by atoms with van der Waals surface area (Å²) in [4.78, 5) is 68.0. The van der Waals surface area contributed by atoms with Crippen LogP contribution in [0.3, 0.4) is 0 Å². The third kappa shape index (κ3) is 3.84. The maximum absolute atomic E-state index is 10.7. The highest BCUT2D eigenvalue weighted by Crippen LogP contribution is 1.71. The van der Waals surface area contributed by atoms with E-state index in [0.717, 1.165) is 0 Å². The Bertz CT molecular complexity index is 932. The molecule has 0 saturated heterocycles. The third-order valence-electron chi connectivity index (χ3n) is 1.70. The normalized spacial score (nSPS) is 9.86. The van der Waals surface area contributed by atoms with Crippen LogP contribution in [0, 0.1) is 0 Å². The van der Waals surface area contributed by atoms with E-state index in [-0.39, 0.29) is 12.3 Å². The molecule has 0 aliphatic rings. The highest BCUT2D eigenvalue weighted by Gasteiger charge is 2.04. The minimum atomic E-state index is -1.10. The molecular weight excluding hydrogens is 358 g/mol. The van der Waals surface area contributed by atoms with Crippen molar-refractivity contribution in [3.63, 3.8) is 0 Å². The van der Waals surface area contributed by atoms with Crippen molar-refractivity contribution < 1.29 is 0 Å². The SMILES string of the molecule is O=c1[nH]c(=O)n(Cl)c(=O)[nH]1.O=c1[nH]c(=O)n(Cl)c(=O)n1Cl. The average molecular weight is 361 g/mol. The van der Waals surface area contributed by atoms with Gasteiger partial charge < -0.3 is 0 Å². The Balaban J connectivity index is 0.000000211. The van der Waals surface area contributed by atoms with E-state index in [1.165, 1.54) is 0 Å². The standard InChI is InChI=1S/C3HCl2N3O3.C3H2ClN3O3/c4-7-1(9)6-2(10)8(5)3(7)11;4-7-2(9)5-1(8)6-3(7)10/h(H,6,9,10);(H2,5,6,8,9,10). The average Bonchev–Trinajstić information content (AvgIpc) is 2.41. The molecule has 2 aromatic rings. The van der Waals surface area contributed by atoms with E-state index in [4.69, 9.17) is 35.3 Å². The van der Waals surface area contributed by atoms with E-state index in [9.17, 15) is 28.8 Å². The predicted molar refractivity (Wildman–Crippen MR) is 71.3 cm³/mol. The summed E-state index contributed by atoms with van der Waals surface area (Å²) in [5.74, 6) is 0. The van der Waals surface area contributed by atoms with E-state index >= 15 is 0 Å². The van der Waals surface area contributed by atoms with Crippen LogP contribution in [-0.4, -0.2) is 27.2 Å². The van der Waals surface area contributed by atoms with Gasteiger partial charge in [-0.3, -0.25) is 15.0 Å². The van der Waals surface area contributed by atoms with Crippen molar-refractivity contribution in [3.8, 4) is 0 Å². The van der Waals surface area contributed by atoms with Crippen molar-refractivity contribution in [1.29, 1.82) is 0 Å². The summed E-state index contributed by atoms with van der Waals surface area (Å²) in [6.07, 6.45) is 0. The number of hydrogen-bond acceptors (Lipinski definition) is 6. The van der Waals surface area contributed by atoms with E-state index in [1.807, 2.05) is 0 Å². The maximum atomic E-state index is 10.7. The summed E-state index contributed by atoms with van der Waals surface area (Å²) in [7, 11) is 0.